The van der Waals surface area contributed by atoms with E-state index in [0.717, 1.165) is 0 Å². The van der Waals surface area contributed by atoms with Crippen molar-refractivity contribution in [3.05, 3.63) is 11.6 Å². The predicted molar refractivity (Wildman–Crippen MR) is 96.3 cm³/mol. The minimum absolute atomic E-state index is 0.225. The molecule has 3 fully saturated rings. The Kier molecular flexibility index (Phi) is 4.92. The van der Waals surface area contributed by atoms with Crippen LogP contribution in [0.2, 0.25) is 0 Å². The van der Waals surface area contributed by atoms with Gasteiger partial charge in [0.25, 0.3) is 5.91 Å². The Bertz CT molecular complexity index is 754. The number of fused-ring (bicyclic) bond motifs is 3. The van der Waals surface area contributed by atoms with Crippen LogP contribution >= 0.6 is 11.3 Å². The molecule has 4 heterocycles. The average molecular weight is 413 g/mol. The van der Waals surface area contributed by atoms with E-state index in [4.69, 9.17) is 23.7 Å². The minimum atomic E-state index is -1.00. The van der Waals surface area contributed by atoms with Crippen molar-refractivity contribution in [1.29, 1.82) is 0 Å². The van der Waals surface area contributed by atoms with Gasteiger partial charge in [0.15, 0.2) is 29.1 Å². The van der Waals surface area contributed by atoms with Crippen molar-refractivity contribution in [2.75, 3.05) is 11.9 Å². The summed E-state index contributed by atoms with van der Waals surface area (Å²) in [5, 5.41) is 7.38. The first-order chi connectivity index (χ1) is 13.1. The number of thiazole rings is 1. The number of nitrogens with one attached hydrogen (secondary N) is 2. The molecule has 154 valence electrons. The quantitative estimate of drug-likeness (QED) is 0.737. The maximum absolute atomic E-state index is 12.7. The van der Waals surface area contributed by atoms with E-state index < -0.39 is 48.2 Å². The molecule has 3 aliphatic rings. The number of nitrogens with zero attached hydrogens (tertiary/aromatic N) is 1. The van der Waals surface area contributed by atoms with Gasteiger partial charge in [0, 0.05) is 11.6 Å². The van der Waals surface area contributed by atoms with E-state index >= 15 is 0 Å². The Morgan fingerprint density at radius 3 is 2.46 bits per heavy atom. The standard InChI is InChI=1S/C17H23N3O7S/c1-16(2)24-9-10(25-16)12-14(27-17(3,4)26-12)23-11(9)13(22)19-7-8(21)20-15-18-5-6-28-15/h5-6,9-12,14H,7H2,1-4H3,(H,19,22)(H,18,20,21)/t9-,10-,11+,12-,14+/m1/s1. The van der Waals surface area contributed by atoms with Gasteiger partial charge in [-0.3, -0.25) is 9.59 Å². The van der Waals surface area contributed by atoms with E-state index in [1.54, 1.807) is 39.3 Å². The van der Waals surface area contributed by atoms with Crippen LogP contribution in [0.4, 0.5) is 5.13 Å². The number of amides is 2. The van der Waals surface area contributed by atoms with Gasteiger partial charge in [-0.25, -0.2) is 4.98 Å². The van der Waals surface area contributed by atoms with Crippen molar-refractivity contribution in [2.24, 2.45) is 0 Å². The van der Waals surface area contributed by atoms with Crippen molar-refractivity contribution < 1.29 is 33.3 Å². The highest BCUT2D eigenvalue weighted by Gasteiger charge is 2.62. The van der Waals surface area contributed by atoms with Crippen LogP contribution in [0.15, 0.2) is 11.6 Å². The predicted octanol–water partition coefficient (Wildman–Crippen LogP) is 0.594. The third kappa shape index (κ3) is 3.91. The van der Waals surface area contributed by atoms with Gasteiger partial charge in [0.05, 0.1) is 6.54 Å². The Balaban J connectivity index is 1.42. The van der Waals surface area contributed by atoms with Crippen LogP contribution in [-0.4, -0.2) is 65.6 Å². The first kappa shape index (κ1) is 19.7. The van der Waals surface area contributed by atoms with Crippen LogP contribution < -0.4 is 10.6 Å². The molecule has 0 aliphatic carbocycles. The second-order valence-electron chi connectivity index (χ2n) is 7.69. The van der Waals surface area contributed by atoms with E-state index in [1.165, 1.54) is 11.3 Å². The SMILES string of the molecule is CC1(C)O[C@@H]2[C@@H](O1)[C@@H](C(=O)NCC(=O)Nc1nccs1)O[C@H]1OC(C)(C)O[C@@H]12. The molecule has 1 aromatic rings. The van der Waals surface area contributed by atoms with Crippen LogP contribution in [0.1, 0.15) is 27.7 Å². The largest absolute Gasteiger partial charge is 0.345 e. The van der Waals surface area contributed by atoms with Crippen molar-refractivity contribution in [2.45, 2.75) is 70.0 Å². The second kappa shape index (κ2) is 7.01. The highest BCUT2D eigenvalue weighted by molar-refractivity contribution is 7.13. The number of aromatic nitrogens is 1. The summed E-state index contributed by atoms with van der Waals surface area (Å²) in [6, 6.07) is 0. The molecule has 0 spiro atoms. The lowest BCUT2D eigenvalue weighted by molar-refractivity contribution is -0.231. The lowest BCUT2D eigenvalue weighted by atomic mass is 9.98. The molecule has 3 aliphatic heterocycles. The molecule has 11 heteroatoms. The summed E-state index contributed by atoms with van der Waals surface area (Å²) in [5.74, 6) is -2.64. The number of carbonyl (C=O) groups excluding carboxylic acids is 2. The van der Waals surface area contributed by atoms with Crippen molar-refractivity contribution in [1.82, 2.24) is 10.3 Å². The zero-order valence-electron chi connectivity index (χ0n) is 16.0. The van der Waals surface area contributed by atoms with Crippen LogP contribution in [0.5, 0.6) is 0 Å². The van der Waals surface area contributed by atoms with Gasteiger partial charge in [0.2, 0.25) is 5.91 Å². The molecule has 4 rings (SSSR count). The lowest BCUT2D eigenvalue weighted by Gasteiger charge is -2.36. The fourth-order valence-corrected chi connectivity index (χ4v) is 4.09. The van der Waals surface area contributed by atoms with Crippen molar-refractivity contribution in [3.8, 4) is 0 Å². The Hall–Kier alpha value is -1.63. The molecule has 0 radical (unpaired) electrons. The summed E-state index contributed by atoms with van der Waals surface area (Å²) in [5.41, 5.74) is 0. The normalized spacial score (nSPS) is 35.1. The Morgan fingerprint density at radius 2 is 1.75 bits per heavy atom. The molecule has 3 saturated heterocycles. The molecule has 10 nitrogen and oxygen atoms in total. The summed E-state index contributed by atoms with van der Waals surface area (Å²) < 4.78 is 29.4. The molecule has 0 saturated carbocycles. The van der Waals surface area contributed by atoms with Gasteiger partial charge in [-0.2, -0.15) is 0 Å². The zero-order valence-corrected chi connectivity index (χ0v) is 16.8. The molecule has 5 atom stereocenters. The third-order valence-corrected chi connectivity index (χ3v) is 5.20. The summed E-state index contributed by atoms with van der Waals surface area (Å²) in [6.07, 6.45) is -1.92. The van der Waals surface area contributed by atoms with Gasteiger partial charge < -0.3 is 34.3 Å². The molecule has 0 aromatic carbocycles. The molecule has 0 bridgehead atoms. The summed E-state index contributed by atoms with van der Waals surface area (Å²) in [7, 11) is 0. The van der Waals surface area contributed by atoms with Gasteiger partial charge in [-0.05, 0) is 27.7 Å². The summed E-state index contributed by atoms with van der Waals surface area (Å²) in [6.45, 7) is 6.83. The first-order valence-corrected chi connectivity index (χ1v) is 9.85. The lowest BCUT2D eigenvalue weighted by Crippen LogP contribution is -2.59. The highest BCUT2D eigenvalue weighted by atomic mass is 32.1. The number of hydrogen-bond donors (Lipinski definition) is 2. The van der Waals surface area contributed by atoms with Crippen LogP contribution in [0, 0.1) is 0 Å². The summed E-state index contributed by atoms with van der Waals surface area (Å²) in [4.78, 5) is 28.7. The van der Waals surface area contributed by atoms with Gasteiger partial charge in [0.1, 0.15) is 18.3 Å². The van der Waals surface area contributed by atoms with E-state index in [0.29, 0.717) is 5.13 Å². The molecule has 2 N–H and O–H groups in total. The molecular weight excluding hydrogens is 390 g/mol. The van der Waals surface area contributed by atoms with Crippen LogP contribution in [0.25, 0.3) is 0 Å². The van der Waals surface area contributed by atoms with E-state index in [1.807, 2.05) is 0 Å². The van der Waals surface area contributed by atoms with Crippen LogP contribution in [-0.2, 0) is 33.3 Å². The fourth-order valence-electron chi connectivity index (χ4n) is 3.54. The Morgan fingerprint density at radius 1 is 1.07 bits per heavy atom. The van der Waals surface area contributed by atoms with E-state index in [-0.39, 0.29) is 12.5 Å². The van der Waals surface area contributed by atoms with Gasteiger partial charge in [-0.1, -0.05) is 0 Å². The van der Waals surface area contributed by atoms with E-state index in [2.05, 4.69) is 15.6 Å². The number of carbonyl (C=O) groups is 2. The Labute approximate surface area is 165 Å². The smallest absolute Gasteiger partial charge is 0.252 e. The zero-order chi connectivity index (χ0) is 20.1. The minimum Gasteiger partial charge on any atom is -0.345 e. The number of hydrogen-bond acceptors (Lipinski definition) is 9. The van der Waals surface area contributed by atoms with E-state index in [9.17, 15) is 9.59 Å². The second-order valence-corrected chi connectivity index (χ2v) is 8.59. The van der Waals surface area contributed by atoms with Gasteiger partial charge >= 0.3 is 0 Å². The molecule has 1 aromatic heterocycles. The number of rotatable bonds is 4. The first-order valence-electron chi connectivity index (χ1n) is 8.97. The molecule has 2 amide bonds. The average Bonchev–Trinajstić information content (AvgIpc) is 3.27. The third-order valence-electron chi connectivity index (χ3n) is 4.51. The van der Waals surface area contributed by atoms with Crippen molar-refractivity contribution in [3.63, 3.8) is 0 Å². The van der Waals surface area contributed by atoms with Crippen LogP contribution in [0.3, 0.4) is 0 Å². The summed E-state index contributed by atoms with van der Waals surface area (Å²) >= 11 is 1.29. The molecule has 28 heavy (non-hydrogen) atoms. The topological polar surface area (TPSA) is 117 Å². The molecule has 0 unspecified atom stereocenters. The number of ether oxygens (including phenoxy) is 5. The van der Waals surface area contributed by atoms with Crippen molar-refractivity contribution >= 4 is 28.3 Å². The highest BCUT2D eigenvalue weighted by Crippen LogP contribution is 2.44. The fraction of sp³-hybridized carbons (Fsp3) is 0.706. The maximum Gasteiger partial charge on any atom is 0.252 e. The molecular formula is C17H23N3O7S. The maximum atomic E-state index is 12.7. The van der Waals surface area contributed by atoms with Gasteiger partial charge in [-0.15, -0.1) is 11.3 Å². The monoisotopic (exact) mass is 413 g/mol. The number of anilines is 1.